The zero-order valence-electron chi connectivity index (χ0n) is 11.5. The minimum Gasteiger partial charge on any atom is -0.378 e. The van der Waals surface area contributed by atoms with E-state index in [0.717, 1.165) is 12.8 Å². The van der Waals surface area contributed by atoms with Gasteiger partial charge in [0, 0.05) is 19.1 Å². The van der Waals surface area contributed by atoms with Gasteiger partial charge in [-0.2, -0.15) is 0 Å². The van der Waals surface area contributed by atoms with Crippen molar-refractivity contribution in [3.05, 3.63) is 28.0 Å². The molecule has 0 spiro atoms. The van der Waals surface area contributed by atoms with E-state index >= 15 is 0 Å². The van der Waals surface area contributed by atoms with Gasteiger partial charge < -0.3 is 10.1 Å². The van der Waals surface area contributed by atoms with E-state index in [2.05, 4.69) is 10.3 Å². The summed E-state index contributed by atoms with van der Waals surface area (Å²) < 4.78 is 5.45. The topological polar surface area (TPSA) is 54.5 Å². The molecule has 7 heteroatoms. The Morgan fingerprint density at radius 3 is 3.00 bits per heavy atom. The zero-order chi connectivity index (χ0) is 14.8. The second-order valence-electron chi connectivity index (χ2n) is 5.41. The average Bonchev–Trinajstić information content (AvgIpc) is 3.27. The molecule has 2 aliphatic rings. The molecule has 1 aromatic rings. The molecule has 0 bridgehead atoms. The number of carbonyl (C=O) groups is 1. The van der Waals surface area contributed by atoms with Gasteiger partial charge in [-0.3, -0.25) is 9.69 Å². The molecule has 1 aliphatic heterocycles. The Morgan fingerprint density at radius 1 is 1.43 bits per heavy atom. The number of nitrogens with one attached hydrogen (secondary N) is 1. The first kappa shape index (κ1) is 15.0. The maximum Gasteiger partial charge on any atom is 0.239 e. The lowest BCUT2D eigenvalue weighted by molar-refractivity contribution is -0.133. The molecular weight excluding hydrogens is 313 g/mol. The van der Waals surface area contributed by atoms with Crippen molar-refractivity contribution in [3.63, 3.8) is 0 Å². The third kappa shape index (κ3) is 3.86. The summed E-state index contributed by atoms with van der Waals surface area (Å²) >= 11 is 12.1. The fraction of sp³-hybridized carbons (Fsp3) is 0.571. The van der Waals surface area contributed by atoms with E-state index in [0.29, 0.717) is 48.2 Å². The molecule has 2 fully saturated rings. The molecule has 5 nitrogen and oxygen atoms in total. The summed E-state index contributed by atoms with van der Waals surface area (Å²) in [5, 5.41) is 3.99. The predicted octanol–water partition coefficient (Wildman–Crippen LogP) is 1.87. The average molecular weight is 330 g/mol. The fourth-order valence-electron chi connectivity index (χ4n) is 2.35. The zero-order valence-corrected chi connectivity index (χ0v) is 13.0. The number of halogens is 2. The Hall–Kier alpha value is -0.880. The molecule has 1 aromatic heterocycles. The predicted molar refractivity (Wildman–Crippen MR) is 80.4 cm³/mol. The molecule has 2 heterocycles. The monoisotopic (exact) mass is 329 g/mol. The van der Waals surface area contributed by atoms with Gasteiger partial charge in [0.2, 0.25) is 5.91 Å². The van der Waals surface area contributed by atoms with Gasteiger partial charge in [-0.1, -0.05) is 23.2 Å². The van der Waals surface area contributed by atoms with E-state index in [1.165, 1.54) is 0 Å². The van der Waals surface area contributed by atoms with Gasteiger partial charge >= 0.3 is 0 Å². The third-order valence-electron chi connectivity index (χ3n) is 3.70. The highest BCUT2D eigenvalue weighted by Crippen LogP contribution is 2.22. The maximum atomic E-state index is 12.3. The lowest BCUT2D eigenvalue weighted by Crippen LogP contribution is -2.53. The van der Waals surface area contributed by atoms with E-state index in [9.17, 15) is 4.79 Å². The fourth-order valence-corrected chi connectivity index (χ4v) is 2.68. The van der Waals surface area contributed by atoms with Gasteiger partial charge in [0.1, 0.15) is 11.2 Å². The molecule has 1 unspecified atom stereocenters. The van der Waals surface area contributed by atoms with Crippen LogP contribution in [0.4, 0.5) is 0 Å². The molecule has 21 heavy (non-hydrogen) atoms. The molecule has 1 saturated carbocycles. The van der Waals surface area contributed by atoms with Crippen LogP contribution in [0.5, 0.6) is 0 Å². The highest BCUT2D eigenvalue weighted by molar-refractivity contribution is 6.32. The second kappa shape index (κ2) is 6.48. The summed E-state index contributed by atoms with van der Waals surface area (Å²) in [6.45, 7) is 2.17. The van der Waals surface area contributed by atoms with Gasteiger partial charge in [0.25, 0.3) is 0 Å². The number of hydrogen-bond donors (Lipinski definition) is 1. The van der Waals surface area contributed by atoms with Crippen molar-refractivity contribution in [1.82, 2.24) is 15.2 Å². The van der Waals surface area contributed by atoms with Crippen LogP contribution < -0.4 is 5.32 Å². The first-order valence-corrected chi connectivity index (χ1v) is 7.82. The molecule has 1 atom stereocenters. The van der Waals surface area contributed by atoms with Crippen LogP contribution in [0.3, 0.4) is 0 Å². The number of hydrogen-bond acceptors (Lipinski definition) is 4. The standard InChI is InChI=1S/C14H17Cl2N3O2/c15-10-3-4-13(16)18-11(10)7-19-5-6-21-8-12(19)14(20)17-9-1-2-9/h3-4,9,12H,1-2,5-8H2,(H,17,20). The number of ether oxygens (including phenoxy) is 1. The summed E-state index contributed by atoms with van der Waals surface area (Å²) in [7, 11) is 0. The van der Waals surface area contributed by atoms with Crippen LogP contribution in [0.15, 0.2) is 12.1 Å². The molecule has 1 amide bonds. The van der Waals surface area contributed by atoms with Crippen LogP contribution in [0.25, 0.3) is 0 Å². The molecule has 1 N–H and O–H groups in total. The minimum absolute atomic E-state index is 0.0235. The first-order valence-electron chi connectivity index (χ1n) is 7.06. The Bertz CT molecular complexity index is 537. The number of aromatic nitrogens is 1. The van der Waals surface area contributed by atoms with Crippen LogP contribution >= 0.6 is 23.2 Å². The van der Waals surface area contributed by atoms with Crippen molar-refractivity contribution < 1.29 is 9.53 Å². The summed E-state index contributed by atoms with van der Waals surface area (Å²) in [5.74, 6) is 0.0235. The number of nitrogens with zero attached hydrogens (tertiary/aromatic N) is 2. The number of morpholine rings is 1. The summed E-state index contributed by atoms with van der Waals surface area (Å²) in [6.07, 6.45) is 2.14. The van der Waals surface area contributed by atoms with Crippen LogP contribution in [0.1, 0.15) is 18.5 Å². The minimum atomic E-state index is -0.295. The highest BCUT2D eigenvalue weighted by atomic mass is 35.5. The van der Waals surface area contributed by atoms with Crippen molar-refractivity contribution in [1.29, 1.82) is 0 Å². The molecule has 0 aromatic carbocycles. The quantitative estimate of drug-likeness (QED) is 0.857. The lowest BCUT2D eigenvalue weighted by Gasteiger charge is -2.34. The Balaban J connectivity index is 1.71. The number of amides is 1. The van der Waals surface area contributed by atoms with E-state index in [4.69, 9.17) is 27.9 Å². The van der Waals surface area contributed by atoms with Gasteiger partial charge in [-0.05, 0) is 25.0 Å². The van der Waals surface area contributed by atoms with E-state index in [1.807, 2.05) is 4.90 Å². The molecule has 3 rings (SSSR count). The maximum absolute atomic E-state index is 12.3. The number of rotatable bonds is 4. The van der Waals surface area contributed by atoms with Crippen LogP contribution in [0, 0.1) is 0 Å². The van der Waals surface area contributed by atoms with Gasteiger partial charge in [0.05, 0.1) is 23.9 Å². The molecule has 1 saturated heterocycles. The van der Waals surface area contributed by atoms with E-state index in [1.54, 1.807) is 12.1 Å². The third-order valence-corrected chi connectivity index (χ3v) is 4.26. The number of pyridine rings is 1. The summed E-state index contributed by atoms with van der Waals surface area (Å²) in [5.41, 5.74) is 0.690. The smallest absolute Gasteiger partial charge is 0.239 e. The van der Waals surface area contributed by atoms with Crippen molar-refractivity contribution in [3.8, 4) is 0 Å². The Kier molecular flexibility index (Phi) is 4.64. The van der Waals surface area contributed by atoms with Crippen molar-refractivity contribution in [2.24, 2.45) is 0 Å². The van der Waals surface area contributed by atoms with Crippen molar-refractivity contribution >= 4 is 29.1 Å². The van der Waals surface area contributed by atoms with E-state index in [-0.39, 0.29) is 11.9 Å². The molecule has 1 aliphatic carbocycles. The molecule has 114 valence electrons. The Labute approximate surface area is 133 Å². The molecule has 0 radical (unpaired) electrons. The number of carbonyl (C=O) groups excluding carboxylic acids is 1. The summed E-state index contributed by atoms with van der Waals surface area (Å²) in [6, 6.07) is 3.43. The first-order chi connectivity index (χ1) is 10.1. The van der Waals surface area contributed by atoms with Crippen molar-refractivity contribution in [2.45, 2.75) is 31.5 Å². The highest BCUT2D eigenvalue weighted by Gasteiger charge is 2.33. The Morgan fingerprint density at radius 2 is 2.24 bits per heavy atom. The summed E-state index contributed by atoms with van der Waals surface area (Å²) in [4.78, 5) is 18.6. The van der Waals surface area contributed by atoms with Gasteiger partial charge in [-0.15, -0.1) is 0 Å². The van der Waals surface area contributed by atoms with Crippen LogP contribution in [-0.4, -0.2) is 47.6 Å². The molecular formula is C14H17Cl2N3O2. The SMILES string of the molecule is O=C(NC1CC1)C1COCCN1Cc1nc(Cl)ccc1Cl. The lowest BCUT2D eigenvalue weighted by atomic mass is 10.2. The van der Waals surface area contributed by atoms with Crippen LogP contribution in [-0.2, 0) is 16.1 Å². The second-order valence-corrected chi connectivity index (χ2v) is 6.20. The largest absolute Gasteiger partial charge is 0.378 e. The van der Waals surface area contributed by atoms with Crippen molar-refractivity contribution in [2.75, 3.05) is 19.8 Å². The van der Waals surface area contributed by atoms with Crippen LogP contribution in [0.2, 0.25) is 10.2 Å². The van der Waals surface area contributed by atoms with E-state index < -0.39 is 0 Å². The van der Waals surface area contributed by atoms with Gasteiger partial charge in [-0.25, -0.2) is 4.98 Å². The normalized spacial score (nSPS) is 23.0. The van der Waals surface area contributed by atoms with Gasteiger partial charge in [0.15, 0.2) is 0 Å².